The predicted molar refractivity (Wildman–Crippen MR) is 87.8 cm³/mol. The summed E-state index contributed by atoms with van der Waals surface area (Å²) in [5.74, 6) is 0.751. The Kier molecular flexibility index (Phi) is 4.88. The van der Waals surface area contributed by atoms with Gasteiger partial charge in [-0.2, -0.15) is 0 Å². The molecule has 23 heavy (non-hydrogen) atoms. The van der Waals surface area contributed by atoms with E-state index in [4.69, 9.17) is 10.5 Å². The monoisotopic (exact) mass is 311 g/mol. The van der Waals surface area contributed by atoms with Crippen LogP contribution >= 0.6 is 0 Å². The smallest absolute Gasteiger partial charge is 0.236 e. The summed E-state index contributed by atoms with van der Waals surface area (Å²) in [7, 11) is 0. The maximum atomic E-state index is 12.2. The molecule has 5 heteroatoms. The zero-order valence-corrected chi connectivity index (χ0v) is 13.0. The maximum absolute atomic E-state index is 12.2. The standard InChI is InChI=1S/C18H21N3O2/c19-12-18(22)21-10-8-15(23-16-7-4-9-20-13-16)11-17(21)14-5-2-1-3-6-14/h1-7,9,13,15,17H,8,10-12,19H2. The van der Waals surface area contributed by atoms with Crippen LogP contribution in [0.15, 0.2) is 54.9 Å². The molecule has 1 aliphatic heterocycles. The van der Waals surface area contributed by atoms with Crippen molar-refractivity contribution in [2.45, 2.75) is 25.0 Å². The topological polar surface area (TPSA) is 68.5 Å². The molecule has 2 atom stereocenters. The Morgan fingerprint density at radius 3 is 2.78 bits per heavy atom. The lowest BCUT2D eigenvalue weighted by atomic mass is 9.93. The summed E-state index contributed by atoms with van der Waals surface area (Å²) in [4.78, 5) is 18.1. The van der Waals surface area contributed by atoms with E-state index in [9.17, 15) is 4.79 Å². The number of amides is 1. The first-order valence-corrected chi connectivity index (χ1v) is 7.89. The second kappa shape index (κ2) is 7.24. The second-order valence-electron chi connectivity index (χ2n) is 5.67. The molecule has 1 amide bonds. The average Bonchev–Trinajstić information content (AvgIpc) is 2.62. The van der Waals surface area contributed by atoms with Crippen LogP contribution in [0.1, 0.15) is 24.4 Å². The van der Waals surface area contributed by atoms with Crippen molar-refractivity contribution >= 4 is 5.91 Å². The molecule has 0 aliphatic carbocycles. The minimum absolute atomic E-state index is 0.00247. The molecule has 1 fully saturated rings. The Morgan fingerprint density at radius 2 is 2.09 bits per heavy atom. The molecule has 0 radical (unpaired) electrons. The number of aromatic nitrogens is 1. The first kappa shape index (κ1) is 15.5. The Hall–Kier alpha value is -2.40. The number of ether oxygens (including phenoxy) is 1. The van der Waals surface area contributed by atoms with Crippen molar-refractivity contribution in [1.29, 1.82) is 0 Å². The summed E-state index contributed by atoms with van der Waals surface area (Å²) in [5.41, 5.74) is 6.69. The number of nitrogens with two attached hydrogens (primary N) is 1. The number of rotatable bonds is 4. The van der Waals surface area contributed by atoms with E-state index in [2.05, 4.69) is 4.98 Å². The maximum Gasteiger partial charge on any atom is 0.236 e. The van der Waals surface area contributed by atoms with E-state index in [0.29, 0.717) is 6.54 Å². The van der Waals surface area contributed by atoms with Crippen LogP contribution in [0.3, 0.4) is 0 Å². The highest BCUT2D eigenvalue weighted by atomic mass is 16.5. The largest absolute Gasteiger partial charge is 0.489 e. The molecule has 1 aliphatic rings. The van der Waals surface area contributed by atoms with Crippen molar-refractivity contribution in [2.24, 2.45) is 5.73 Å². The van der Waals surface area contributed by atoms with Gasteiger partial charge in [-0.1, -0.05) is 30.3 Å². The molecule has 0 bridgehead atoms. The van der Waals surface area contributed by atoms with Crippen LogP contribution in [0.4, 0.5) is 0 Å². The minimum Gasteiger partial charge on any atom is -0.489 e. The predicted octanol–water partition coefficient (Wildman–Crippen LogP) is 2.15. The van der Waals surface area contributed by atoms with E-state index in [1.807, 2.05) is 47.4 Å². The lowest BCUT2D eigenvalue weighted by Crippen LogP contribution is -2.46. The van der Waals surface area contributed by atoms with E-state index >= 15 is 0 Å². The van der Waals surface area contributed by atoms with Crippen LogP contribution in [0.5, 0.6) is 5.75 Å². The van der Waals surface area contributed by atoms with E-state index in [1.54, 1.807) is 12.4 Å². The lowest BCUT2D eigenvalue weighted by molar-refractivity contribution is -0.134. The van der Waals surface area contributed by atoms with Crippen LogP contribution in [-0.4, -0.2) is 35.0 Å². The Bertz CT molecular complexity index is 633. The van der Waals surface area contributed by atoms with Gasteiger partial charge in [0.2, 0.25) is 5.91 Å². The van der Waals surface area contributed by atoms with Crippen molar-refractivity contribution < 1.29 is 9.53 Å². The SMILES string of the molecule is NCC(=O)N1CCC(Oc2cccnc2)CC1c1ccccc1. The summed E-state index contributed by atoms with van der Waals surface area (Å²) >= 11 is 0. The Balaban J connectivity index is 1.77. The molecular weight excluding hydrogens is 290 g/mol. The van der Waals surface area contributed by atoms with Gasteiger partial charge in [0.1, 0.15) is 11.9 Å². The molecule has 2 N–H and O–H groups in total. The lowest BCUT2D eigenvalue weighted by Gasteiger charge is -2.39. The number of carbonyl (C=O) groups excluding carboxylic acids is 1. The third-order valence-electron chi connectivity index (χ3n) is 4.17. The highest BCUT2D eigenvalue weighted by molar-refractivity contribution is 5.78. The molecule has 0 spiro atoms. The Morgan fingerprint density at radius 1 is 1.26 bits per heavy atom. The molecule has 120 valence electrons. The zero-order valence-electron chi connectivity index (χ0n) is 13.0. The summed E-state index contributed by atoms with van der Waals surface area (Å²) in [6.07, 6.45) is 5.05. The first-order valence-electron chi connectivity index (χ1n) is 7.89. The third kappa shape index (κ3) is 3.68. The molecule has 2 aromatic rings. The summed E-state index contributed by atoms with van der Waals surface area (Å²) < 4.78 is 6.04. The zero-order chi connectivity index (χ0) is 16.1. The van der Waals surface area contributed by atoms with Gasteiger partial charge < -0.3 is 15.4 Å². The van der Waals surface area contributed by atoms with Gasteiger partial charge in [0.15, 0.2) is 0 Å². The molecule has 1 aromatic heterocycles. The summed E-state index contributed by atoms with van der Waals surface area (Å²) in [5, 5.41) is 0. The van der Waals surface area contributed by atoms with Crippen LogP contribution < -0.4 is 10.5 Å². The fourth-order valence-electron chi connectivity index (χ4n) is 3.06. The Labute approximate surface area is 136 Å². The fourth-order valence-corrected chi connectivity index (χ4v) is 3.06. The van der Waals surface area contributed by atoms with Gasteiger partial charge in [-0.3, -0.25) is 9.78 Å². The highest BCUT2D eigenvalue weighted by Crippen LogP contribution is 2.32. The number of nitrogens with zero attached hydrogens (tertiary/aromatic N) is 2. The van der Waals surface area contributed by atoms with Crippen molar-refractivity contribution in [3.05, 3.63) is 60.4 Å². The number of hydrogen-bond donors (Lipinski definition) is 1. The van der Waals surface area contributed by atoms with Crippen LogP contribution in [-0.2, 0) is 4.79 Å². The van der Waals surface area contributed by atoms with E-state index < -0.39 is 0 Å². The van der Waals surface area contributed by atoms with Crippen LogP contribution in [0.2, 0.25) is 0 Å². The minimum atomic E-state index is -0.0151. The van der Waals surface area contributed by atoms with Crippen LogP contribution in [0, 0.1) is 0 Å². The number of likely N-dealkylation sites (tertiary alicyclic amines) is 1. The number of piperidine rings is 1. The number of hydrogen-bond acceptors (Lipinski definition) is 4. The molecule has 3 rings (SSSR count). The fraction of sp³-hybridized carbons (Fsp3) is 0.333. The third-order valence-corrected chi connectivity index (χ3v) is 4.17. The van der Waals surface area contributed by atoms with Gasteiger partial charge in [-0.25, -0.2) is 0 Å². The van der Waals surface area contributed by atoms with Gasteiger partial charge in [-0.15, -0.1) is 0 Å². The van der Waals surface area contributed by atoms with Gasteiger partial charge in [0.05, 0.1) is 18.8 Å². The second-order valence-corrected chi connectivity index (χ2v) is 5.67. The van der Waals surface area contributed by atoms with Gasteiger partial charge >= 0.3 is 0 Å². The highest BCUT2D eigenvalue weighted by Gasteiger charge is 2.33. The summed E-state index contributed by atoms with van der Waals surface area (Å²) in [6, 6.07) is 13.8. The average molecular weight is 311 g/mol. The van der Waals surface area contributed by atoms with Crippen molar-refractivity contribution in [3.8, 4) is 5.75 Å². The normalized spacial score (nSPS) is 21.0. The molecular formula is C18H21N3O2. The van der Waals surface area contributed by atoms with Gasteiger partial charge in [-0.05, 0) is 17.7 Å². The van der Waals surface area contributed by atoms with Gasteiger partial charge in [0.25, 0.3) is 0 Å². The molecule has 1 aromatic carbocycles. The molecule has 0 saturated carbocycles. The van der Waals surface area contributed by atoms with E-state index in [-0.39, 0.29) is 24.6 Å². The number of benzene rings is 1. The molecule has 1 saturated heterocycles. The van der Waals surface area contributed by atoms with Crippen molar-refractivity contribution in [3.63, 3.8) is 0 Å². The molecule has 2 unspecified atom stereocenters. The summed E-state index contributed by atoms with van der Waals surface area (Å²) in [6.45, 7) is 0.692. The van der Waals surface area contributed by atoms with E-state index in [0.717, 1.165) is 24.2 Å². The van der Waals surface area contributed by atoms with Crippen molar-refractivity contribution in [2.75, 3.05) is 13.1 Å². The molecule has 2 heterocycles. The number of carbonyl (C=O) groups is 1. The van der Waals surface area contributed by atoms with Crippen LogP contribution in [0.25, 0.3) is 0 Å². The number of pyridine rings is 1. The quantitative estimate of drug-likeness (QED) is 0.939. The molecule has 5 nitrogen and oxygen atoms in total. The first-order chi connectivity index (χ1) is 11.3. The van der Waals surface area contributed by atoms with Crippen molar-refractivity contribution in [1.82, 2.24) is 9.88 Å². The van der Waals surface area contributed by atoms with Gasteiger partial charge in [0, 0.05) is 25.6 Å². The van der Waals surface area contributed by atoms with E-state index in [1.165, 1.54) is 0 Å².